The fourth-order valence-corrected chi connectivity index (χ4v) is 13.6. The number of halogens is 1. The second-order valence-electron chi connectivity index (χ2n) is 4.93. The van der Waals surface area contributed by atoms with Gasteiger partial charge in [-0.15, -0.1) is 0 Å². The Bertz CT molecular complexity index is 246. The van der Waals surface area contributed by atoms with E-state index in [-0.39, 0.29) is 3.42 Å². The van der Waals surface area contributed by atoms with Crippen LogP contribution in [0.3, 0.4) is 0 Å². The molecule has 13 heavy (non-hydrogen) atoms. The van der Waals surface area contributed by atoms with Gasteiger partial charge in [-0.1, -0.05) is 0 Å². The standard InChI is InChI=1S/C11H20IO/c1-4-11-6-5-9(7-10(11)13)8-12(11,2)3/h9H,4-8H2,1-3H3/q-1. The molecule has 3 aliphatic rings. The Hall–Kier alpha value is 0.400. The van der Waals surface area contributed by atoms with Crippen LogP contribution in [-0.4, -0.2) is 23.5 Å². The summed E-state index contributed by atoms with van der Waals surface area (Å²) in [4.78, 5) is 17.0. The number of fused-ring (bicyclic) bond motifs is 3. The predicted octanol–water partition coefficient (Wildman–Crippen LogP) is -1.06. The zero-order valence-corrected chi connectivity index (χ0v) is 11.1. The van der Waals surface area contributed by atoms with Crippen LogP contribution in [0.5, 0.6) is 0 Å². The summed E-state index contributed by atoms with van der Waals surface area (Å²) in [7, 11) is 0. The fourth-order valence-electron chi connectivity index (χ4n) is 3.22. The van der Waals surface area contributed by atoms with Gasteiger partial charge in [0.1, 0.15) is 0 Å². The Labute approximate surface area is 85.2 Å². The van der Waals surface area contributed by atoms with Crippen LogP contribution in [0.1, 0.15) is 32.6 Å². The third-order valence-electron chi connectivity index (χ3n) is 4.07. The number of carbonyl (C=O) groups is 1. The first-order valence-electron chi connectivity index (χ1n) is 5.16. The number of hydrogen-bond donors (Lipinski definition) is 0. The van der Waals surface area contributed by atoms with Gasteiger partial charge in [-0.2, -0.15) is 0 Å². The molecule has 2 saturated heterocycles. The normalized spacial score (nSPS) is 44.8. The van der Waals surface area contributed by atoms with Crippen LogP contribution in [0, 0.1) is 5.92 Å². The second-order valence-corrected chi connectivity index (χ2v) is 16.0. The molecule has 0 aromatic carbocycles. The maximum absolute atomic E-state index is 12.1. The summed E-state index contributed by atoms with van der Waals surface area (Å²) in [5.74, 6) is 1.42. The van der Waals surface area contributed by atoms with Crippen LogP contribution in [-0.2, 0) is 4.79 Å². The SMILES string of the molecule is CCC12CCC(CC1=O)C[I-]2(C)C. The number of hydrogen-bond acceptors (Lipinski definition) is 1. The Kier molecular flexibility index (Phi) is 2.25. The monoisotopic (exact) mass is 295 g/mol. The zero-order valence-electron chi connectivity index (χ0n) is 8.90. The first kappa shape index (κ1) is 9.94. The van der Waals surface area contributed by atoms with Gasteiger partial charge in [0, 0.05) is 0 Å². The van der Waals surface area contributed by atoms with Crippen LogP contribution in [0.4, 0.5) is 0 Å². The number of carbonyl (C=O) groups excluding carboxylic acids is 1. The molecule has 0 radical (unpaired) electrons. The van der Waals surface area contributed by atoms with Crippen molar-refractivity contribution in [1.82, 2.24) is 0 Å². The second kappa shape index (κ2) is 2.94. The van der Waals surface area contributed by atoms with E-state index in [2.05, 4.69) is 16.8 Å². The van der Waals surface area contributed by atoms with Gasteiger partial charge in [-0.05, 0) is 0 Å². The summed E-state index contributed by atoms with van der Waals surface area (Å²) in [6.45, 7) is 2.23. The fraction of sp³-hybridized carbons (Fsp3) is 0.909. The van der Waals surface area contributed by atoms with E-state index in [1.165, 1.54) is 17.3 Å². The van der Waals surface area contributed by atoms with E-state index in [4.69, 9.17) is 0 Å². The summed E-state index contributed by atoms with van der Waals surface area (Å²) in [6, 6.07) is 0. The molecular formula is C11H20IO-. The third-order valence-corrected chi connectivity index (χ3v) is 15.0. The molecule has 0 amide bonds. The molecule has 1 saturated carbocycles. The van der Waals surface area contributed by atoms with E-state index in [1.54, 1.807) is 0 Å². The molecule has 2 heteroatoms. The van der Waals surface area contributed by atoms with Crippen molar-refractivity contribution in [3.05, 3.63) is 0 Å². The zero-order chi connectivity index (χ0) is 9.69. The van der Waals surface area contributed by atoms with Crippen LogP contribution in [0.15, 0.2) is 0 Å². The van der Waals surface area contributed by atoms with Crippen molar-refractivity contribution in [1.29, 1.82) is 0 Å². The molecule has 2 aliphatic heterocycles. The molecule has 0 aromatic heterocycles. The minimum absolute atomic E-state index is 0.223. The molecule has 78 valence electrons. The summed E-state index contributed by atoms with van der Waals surface area (Å²) < 4.78 is 1.67. The summed E-state index contributed by atoms with van der Waals surface area (Å²) >= 11 is -1.68. The first-order chi connectivity index (χ1) is 6.02. The van der Waals surface area contributed by atoms with Crippen molar-refractivity contribution in [2.75, 3.05) is 14.3 Å². The number of rotatable bonds is 1. The van der Waals surface area contributed by atoms with Crippen molar-refractivity contribution >= 4 is 5.78 Å². The van der Waals surface area contributed by atoms with E-state index in [1.807, 2.05) is 0 Å². The molecule has 3 fully saturated rings. The van der Waals surface area contributed by atoms with Gasteiger partial charge in [-0.3, -0.25) is 0 Å². The van der Waals surface area contributed by atoms with Gasteiger partial charge in [0.05, 0.1) is 0 Å². The van der Waals surface area contributed by atoms with Gasteiger partial charge < -0.3 is 0 Å². The van der Waals surface area contributed by atoms with Crippen LogP contribution in [0.2, 0.25) is 0 Å². The first-order valence-corrected chi connectivity index (χ1v) is 12.1. The van der Waals surface area contributed by atoms with Gasteiger partial charge in [-0.25, -0.2) is 0 Å². The van der Waals surface area contributed by atoms with Crippen molar-refractivity contribution < 1.29 is 23.2 Å². The molecule has 0 aromatic rings. The number of ketones is 1. The molecule has 2 atom stereocenters. The molecule has 1 aliphatic carbocycles. The maximum atomic E-state index is 12.1. The van der Waals surface area contributed by atoms with Crippen molar-refractivity contribution in [3.8, 4) is 0 Å². The van der Waals surface area contributed by atoms with Crippen molar-refractivity contribution in [2.24, 2.45) is 5.92 Å². The molecule has 2 heterocycles. The Morgan fingerprint density at radius 1 is 1.54 bits per heavy atom. The molecular weight excluding hydrogens is 275 g/mol. The number of alkyl halides is 4. The Balaban J connectivity index is 2.40. The van der Waals surface area contributed by atoms with Gasteiger partial charge in [0.25, 0.3) is 0 Å². The summed E-state index contributed by atoms with van der Waals surface area (Å²) in [5.41, 5.74) is 0. The minimum atomic E-state index is -1.68. The van der Waals surface area contributed by atoms with E-state index in [0.717, 1.165) is 18.8 Å². The van der Waals surface area contributed by atoms with E-state index >= 15 is 0 Å². The molecule has 2 bridgehead atoms. The topological polar surface area (TPSA) is 17.1 Å². The van der Waals surface area contributed by atoms with Gasteiger partial charge in [0.15, 0.2) is 0 Å². The Morgan fingerprint density at radius 3 is 2.62 bits per heavy atom. The summed E-state index contributed by atoms with van der Waals surface area (Å²) in [6.07, 6.45) is 4.62. The summed E-state index contributed by atoms with van der Waals surface area (Å²) in [5, 5.41) is 0. The van der Waals surface area contributed by atoms with E-state index < -0.39 is 18.4 Å². The molecule has 0 spiro atoms. The van der Waals surface area contributed by atoms with Crippen molar-refractivity contribution in [2.45, 2.75) is 36.0 Å². The molecule has 0 N–H and O–H groups in total. The van der Waals surface area contributed by atoms with Crippen LogP contribution >= 0.6 is 0 Å². The predicted molar refractivity (Wildman–Crippen MR) is 52.1 cm³/mol. The Morgan fingerprint density at radius 2 is 2.23 bits per heavy atom. The molecule has 3 rings (SSSR count). The molecule has 1 nitrogen and oxygen atoms in total. The van der Waals surface area contributed by atoms with E-state index in [9.17, 15) is 4.79 Å². The van der Waals surface area contributed by atoms with Crippen LogP contribution in [0.25, 0.3) is 0 Å². The third kappa shape index (κ3) is 1.20. The van der Waals surface area contributed by atoms with Crippen molar-refractivity contribution in [3.63, 3.8) is 0 Å². The van der Waals surface area contributed by atoms with E-state index in [0.29, 0.717) is 5.78 Å². The van der Waals surface area contributed by atoms with Gasteiger partial charge in [0.2, 0.25) is 0 Å². The quantitative estimate of drug-likeness (QED) is 0.445. The molecule has 2 unspecified atom stereocenters. The average molecular weight is 295 g/mol. The average Bonchev–Trinajstić information content (AvgIpc) is 2.02. The number of Topliss-reactive ketones (excluding diaryl/α,β-unsaturated/α-hetero) is 1. The van der Waals surface area contributed by atoms with Crippen LogP contribution < -0.4 is 18.4 Å². The van der Waals surface area contributed by atoms with Gasteiger partial charge >= 0.3 is 85.2 Å².